The van der Waals surface area contributed by atoms with Crippen molar-refractivity contribution in [2.45, 2.75) is 25.8 Å². The summed E-state index contributed by atoms with van der Waals surface area (Å²) in [5.74, 6) is 6.51. The van der Waals surface area contributed by atoms with E-state index >= 15 is 0 Å². The minimum absolute atomic E-state index is 0.251. The maximum Gasteiger partial charge on any atom is 0.122 e. The largest absolute Gasteiger partial charge is 0.493 e. The van der Waals surface area contributed by atoms with Gasteiger partial charge in [0.15, 0.2) is 0 Å². The molecule has 0 radical (unpaired) electrons. The molecule has 2 rings (SSSR count). The van der Waals surface area contributed by atoms with Crippen LogP contribution in [0.1, 0.15) is 30.5 Å². The third-order valence-corrected chi connectivity index (χ3v) is 2.73. The summed E-state index contributed by atoms with van der Waals surface area (Å²) in [4.78, 5) is 0. The number of hydrazine groups is 1. The fourth-order valence-corrected chi connectivity index (χ4v) is 1.87. The second-order valence-corrected chi connectivity index (χ2v) is 3.59. The number of nitrogens with two attached hydrogens (primary N) is 1. The summed E-state index contributed by atoms with van der Waals surface area (Å²) < 4.78 is 5.45. The van der Waals surface area contributed by atoms with Gasteiger partial charge in [-0.1, -0.05) is 19.1 Å². The Balaban J connectivity index is 2.27. The zero-order valence-corrected chi connectivity index (χ0v) is 8.42. The van der Waals surface area contributed by atoms with E-state index in [1.807, 2.05) is 6.07 Å². The number of ether oxygens (including phenoxy) is 1. The molecule has 1 aliphatic rings. The van der Waals surface area contributed by atoms with Crippen molar-refractivity contribution in [3.63, 3.8) is 0 Å². The summed E-state index contributed by atoms with van der Waals surface area (Å²) in [6, 6.07) is 6.56. The molecule has 0 amide bonds. The molecule has 0 spiro atoms. The van der Waals surface area contributed by atoms with Crippen molar-refractivity contribution in [1.82, 2.24) is 5.43 Å². The van der Waals surface area contributed by atoms with E-state index in [-0.39, 0.29) is 6.04 Å². The van der Waals surface area contributed by atoms with Crippen molar-refractivity contribution in [1.29, 1.82) is 0 Å². The minimum Gasteiger partial charge on any atom is -0.493 e. The molecule has 0 bridgehead atoms. The molecule has 3 nitrogen and oxygen atoms in total. The summed E-state index contributed by atoms with van der Waals surface area (Å²) >= 11 is 0. The van der Waals surface area contributed by atoms with Crippen molar-refractivity contribution in [2.75, 3.05) is 6.61 Å². The van der Waals surface area contributed by atoms with Gasteiger partial charge >= 0.3 is 0 Å². The highest BCUT2D eigenvalue weighted by Crippen LogP contribution is 2.28. The molecule has 14 heavy (non-hydrogen) atoms. The smallest absolute Gasteiger partial charge is 0.122 e. The van der Waals surface area contributed by atoms with E-state index in [2.05, 4.69) is 24.5 Å². The first-order valence-corrected chi connectivity index (χ1v) is 5.07. The van der Waals surface area contributed by atoms with Crippen LogP contribution in [-0.4, -0.2) is 6.61 Å². The van der Waals surface area contributed by atoms with E-state index in [1.165, 1.54) is 11.1 Å². The molecule has 76 valence electrons. The second kappa shape index (κ2) is 3.98. The SMILES string of the molecule is CCC(NN)c1ccc2c(c1)CCO2. The molecule has 0 saturated carbocycles. The normalized spacial score (nSPS) is 16.1. The standard InChI is InChI=1S/C11H16N2O/c1-2-10(13-12)8-3-4-11-9(7-8)5-6-14-11/h3-4,7,10,13H,2,5-6,12H2,1H3. The maximum atomic E-state index is 5.48. The van der Waals surface area contributed by atoms with Gasteiger partial charge in [-0.15, -0.1) is 0 Å². The summed E-state index contributed by atoms with van der Waals surface area (Å²) in [5, 5.41) is 0. The van der Waals surface area contributed by atoms with Gasteiger partial charge in [-0.3, -0.25) is 11.3 Å². The van der Waals surface area contributed by atoms with Crippen LogP contribution in [0.2, 0.25) is 0 Å². The van der Waals surface area contributed by atoms with Gasteiger partial charge in [0.05, 0.1) is 6.61 Å². The Kier molecular flexibility index (Phi) is 2.70. The summed E-state index contributed by atoms with van der Waals surface area (Å²) in [6.07, 6.45) is 2.01. The van der Waals surface area contributed by atoms with Crippen molar-refractivity contribution >= 4 is 0 Å². The Hall–Kier alpha value is -1.06. The number of rotatable bonds is 3. The molecule has 0 fully saturated rings. The molecule has 1 aromatic carbocycles. The molecule has 0 saturated heterocycles. The van der Waals surface area contributed by atoms with Gasteiger partial charge < -0.3 is 4.74 Å². The monoisotopic (exact) mass is 192 g/mol. The van der Waals surface area contributed by atoms with E-state index in [4.69, 9.17) is 10.6 Å². The van der Waals surface area contributed by atoms with Crippen LogP contribution in [0.3, 0.4) is 0 Å². The van der Waals surface area contributed by atoms with Crippen molar-refractivity contribution < 1.29 is 4.74 Å². The van der Waals surface area contributed by atoms with Gasteiger partial charge in [0, 0.05) is 12.5 Å². The van der Waals surface area contributed by atoms with Crippen molar-refractivity contribution in [3.05, 3.63) is 29.3 Å². The first-order chi connectivity index (χ1) is 6.85. The molecule has 0 aliphatic carbocycles. The Morgan fingerprint density at radius 3 is 3.14 bits per heavy atom. The lowest BCUT2D eigenvalue weighted by Crippen LogP contribution is -2.27. The van der Waals surface area contributed by atoms with Gasteiger partial charge in [0.2, 0.25) is 0 Å². The zero-order chi connectivity index (χ0) is 9.97. The highest BCUT2D eigenvalue weighted by atomic mass is 16.5. The number of fused-ring (bicyclic) bond motifs is 1. The molecule has 1 heterocycles. The quantitative estimate of drug-likeness (QED) is 0.564. The fourth-order valence-electron chi connectivity index (χ4n) is 1.87. The summed E-state index contributed by atoms with van der Waals surface area (Å²) in [5.41, 5.74) is 5.37. The molecule has 1 atom stereocenters. The van der Waals surface area contributed by atoms with Crippen LogP contribution < -0.4 is 16.0 Å². The topological polar surface area (TPSA) is 47.3 Å². The summed E-state index contributed by atoms with van der Waals surface area (Å²) in [6.45, 7) is 2.93. The predicted molar refractivity (Wildman–Crippen MR) is 56.0 cm³/mol. The fraction of sp³-hybridized carbons (Fsp3) is 0.455. The van der Waals surface area contributed by atoms with Gasteiger partial charge in [0.1, 0.15) is 5.75 Å². The van der Waals surface area contributed by atoms with E-state index in [1.54, 1.807) is 0 Å². The Morgan fingerprint density at radius 2 is 2.43 bits per heavy atom. The molecular formula is C11H16N2O. The second-order valence-electron chi connectivity index (χ2n) is 3.59. The van der Waals surface area contributed by atoms with Crippen LogP contribution in [0.5, 0.6) is 5.75 Å². The van der Waals surface area contributed by atoms with Gasteiger partial charge in [-0.25, -0.2) is 0 Å². The van der Waals surface area contributed by atoms with Gasteiger partial charge in [-0.05, 0) is 23.6 Å². The van der Waals surface area contributed by atoms with Crippen LogP contribution in [0, 0.1) is 0 Å². The zero-order valence-electron chi connectivity index (χ0n) is 8.42. The van der Waals surface area contributed by atoms with Crippen LogP contribution in [0.4, 0.5) is 0 Å². The van der Waals surface area contributed by atoms with E-state index < -0.39 is 0 Å². The third-order valence-electron chi connectivity index (χ3n) is 2.73. The first-order valence-electron chi connectivity index (χ1n) is 5.07. The highest BCUT2D eigenvalue weighted by molar-refractivity contribution is 5.40. The van der Waals surface area contributed by atoms with Gasteiger partial charge in [0.25, 0.3) is 0 Å². The lowest BCUT2D eigenvalue weighted by molar-refractivity contribution is 0.356. The highest BCUT2D eigenvalue weighted by Gasteiger charge is 2.14. The predicted octanol–water partition coefficient (Wildman–Crippen LogP) is 1.54. The van der Waals surface area contributed by atoms with Crippen molar-refractivity contribution in [3.8, 4) is 5.75 Å². The first kappa shape index (κ1) is 9.49. The molecular weight excluding hydrogens is 176 g/mol. The number of hydrogen-bond acceptors (Lipinski definition) is 3. The maximum absolute atomic E-state index is 5.48. The molecule has 3 N–H and O–H groups in total. The average molecular weight is 192 g/mol. The average Bonchev–Trinajstić information content (AvgIpc) is 2.66. The van der Waals surface area contributed by atoms with Crippen LogP contribution in [0.25, 0.3) is 0 Å². The number of hydrogen-bond donors (Lipinski definition) is 2. The lowest BCUT2D eigenvalue weighted by atomic mass is 10.0. The number of nitrogens with one attached hydrogen (secondary N) is 1. The van der Waals surface area contributed by atoms with E-state index in [0.717, 1.165) is 25.2 Å². The van der Waals surface area contributed by atoms with E-state index in [0.29, 0.717) is 0 Å². The molecule has 1 unspecified atom stereocenters. The molecule has 3 heteroatoms. The molecule has 1 aliphatic heterocycles. The third kappa shape index (κ3) is 1.61. The van der Waals surface area contributed by atoms with E-state index in [9.17, 15) is 0 Å². The van der Waals surface area contributed by atoms with Gasteiger partial charge in [-0.2, -0.15) is 0 Å². The molecule has 1 aromatic rings. The molecule has 0 aromatic heterocycles. The van der Waals surface area contributed by atoms with Crippen LogP contribution in [0.15, 0.2) is 18.2 Å². The van der Waals surface area contributed by atoms with Crippen LogP contribution in [-0.2, 0) is 6.42 Å². The Bertz CT molecular complexity index is 321. The number of benzene rings is 1. The van der Waals surface area contributed by atoms with Crippen molar-refractivity contribution in [2.24, 2.45) is 5.84 Å². The Morgan fingerprint density at radius 1 is 1.57 bits per heavy atom. The minimum atomic E-state index is 0.251. The summed E-state index contributed by atoms with van der Waals surface area (Å²) in [7, 11) is 0. The Labute approximate surface area is 84.2 Å². The lowest BCUT2D eigenvalue weighted by Gasteiger charge is -2.14. The van der Waals surface area contributed by atoms with Crippen LogP contribution >= 0.6 is 0 Å².